The van der Waals surface area contributed by atoms with Crippen LogP contribution in [0.1, 0.15) is 54.4 Å². The zero-order valence-electron chi connectivity index (χ0n) is 26.4. The number of carbonyl (C=O) groups excluding carboxylic acids is 1. The van der Waals surface area contributed by atoms with Crippen molar-refractivity contribution in [1.29, 1.82) is 0 Å². The average Bonchev–Trinajstić information content (AvgIpc) is 3.07. The first kappa shape index (κ1) is 37.2. The van der Waals surface area contributed by atoms with E-state index >= 15 is 0 Å². The fraction of sp³-hybridized carbons (Fsp3) is 0.257. The van der Waals surface area contributed by atoms with Crippen molar-refractivity contribution < 1.29 is 9.53 Å². The van der Waals surface area contributed by atoms with Crippen LogP contribution >= 0.6 is 11.6 Å². The number of hydrogen-bond acceptors (Lipinski definition) is 6. The molecular weight excluding hydrogens is 574 g/mol. The van der Waals surface area contributed by atoms with Crippen molar-refractivity contribution in [2.45, 2.75) is 54.4 Å². The molecular formula is C35H42ClN5O3. The second-order valence-electron chi connectivity index (χ2n) is 8.23. The van der Waals surface area contributed by atoms with Crippen LogP contribution in [0.3, 0.4) is 0 Å². The second kappa shape index (κ2) is 20.9. The molecule has 4 aromatic rings. The largest absolute Gasteiger partial charge is 0.452 e. The first-order valence-corrected chi connectivity index (χ1v) is 15.1. The molecule has 0 atom stereocenters. The van der Waals surface area contributed by atoms with Crippen molar-refractivity contribution in [3.05, 3.63) is 102 Å². The number of carbonyl (C=O) groups is 1. The zero-order valence-corrected chi connectivity index (χ0v) is 27.1. The van der Waals surface area contributed by atoms with Crippen LogP contribution < -0.4 is 20.9 Å². The van der Waals surface area contributed by atoms with E-state index in [1.807, 2.05) is 65.8 Å². The van der Waals surface area contributed by atoms with Gasteiger partial charge in [0, 0.05) is 29.4 Å². The summed E-state index contributed by atoms with van der Waals surface area (Å²) in [6, 6.07) is 17.5. The molecule has 8 nitrogen and oxygen atoms in total. The molecule has 2 N–H and O–H groups in total. The molecule has 9 heteroatoms. The lowest BCUT2D eigenvalue weighted by molar-refractivity contribution is -0.111. The summed E-state index contributed by atoms with van der Waals surface area (Å²) < 4.78 is 7.35. The van der Waals surface area contributed by atoms with E-state index in [1.165, 1.54) is 10.6 Å². The molecule has 0 saturated heterocycles. The van der Waals surface area contributed by atoms with Gasteiger partial charge < -0.3 is 15.4 Å². The number of terminal acetylenes is 1. The van der Waals surface area contributed by atoms with Gasteiger partial charge in [-0.15, -0.1) is 23.9 Å². The Morgan fingerprint density at radius 2 is 1.75 bits per heavy atom. The molecule has 0 bridgehead atoms. The zero-order chi connectivity index (χ0) is 32.9. The van der Waals surface area contributed by atoms with Gasteiger partial charge in [-0.25, -0.2) is 4.98 Å². The first-order chi connectivity index (χ1) is 21.4. The molecule has 44 heavy (non-hydrogen) atoms. The summed E-state index contributed by atoms with van der Waals surface area (Å²) in [5, 5.41) is 6.41. The summed E-state index contributed by atoms with van der Waals surface area (Å²) in [6.45, 7) is 15.4. The third-order valence-electron chi connectivity index (χ3n) is 5.31. The van der Waals surface area contributed by atoms with Gasteiger partial charge in [-0.1, -0.05) is 78.5 Å². The van der Waals surface area contributed by atoms with E-state index in [-0.39, 0.29) is 17.5 Å². The van der Waals surface area contributed by atoms with Gasteiger partial charge in [0.15, 0.2) is 11.4 Å². The Kier molecular flexibility index (Phi) is 17.7. The summed E-state index contributed by atoms with van der Waals surface area (Å²) in [7, 11) is 0. The van der Waals surface area contributed by atoms with Gasteiger partial charge in [-0.3, -0.25) is 14.2 Å². The number of aromatic nitrogens is 3. The molecule has 0 aliphatic rings. The van der Waals surface area contributed by atoms with Gasteiger partial charge >= 0.3 is 0 Å². The van der Waals surface area contributed by atoms with Gasteiger partial charge in [0.05, 0.1) is 11.6 Å². The summed E-state index contributed by atoms with van der Waals surface area (Å²) >= 11 is 6.04. The van der Waals surface area contributed by atoms with Crippen LogP contribution in [0.4, 0.5) is 11.6 Å². The Morgan fingerprint density at radius 3 is 2.34 bits per heavy atom. The number of para-hydroxylation sites is 1. The maximum atomic E-state index is 13.7. The first-order valence-electron chi connectivity index (χ1n) is 14.6. The summed E-state index contributed by atoms with van der Waals surface area (Å²) in [5.41, 5.74) is 1.66. The Hall–Kier alpha value is -4.87. The standard InChI is InChI=1S/C27H24ClN5O3.C4H6.2C2H6/c1-3-9-20(16-28)31-27-29-17-18-14-23(36-22-12-6-5-7-13-22)26(35)33(25(18)32-27)21-11-8-10-19(15-21)30-24(34)4-2;1-3-4-2;2*1-2/h4-15,17H,2-3,16H2,1H3,(H,30,34)(H,29,31,32);1H,4H2,2H3;2*1-2H3/b20-9+;;;. The molecule has 0 unspecified atom stereocenters. The minimum atomic E-state index is -0.426. The molecule has 0 aliphatic heterocycles. The number of fused-ring (bicyclic) bond motifs is 1. The Balaban J connectivity index is 0.00000110. The molecule has 1 amide bonds. The highest BCUT2D eigenvalue weighted by Gasteiger charge is 2.16. The summed E-state index contributed by atoms with van der Waals surface area (Å²) in [4.78, 5) is 34.5. The molecule has 0 radical (unpaired) electrons. The molecule has 0 aliphatic carbocycles. The molecule has 2 aromatic carbocycles. The van der Waals surface area contributed by atoms with Gasteiger partial charge in [0.2, 0.25) is 11.9 Å². The molecule has 0 spiro atoms. The van der Waals surface area contributed by atoms with Crippen molar-refractivity contribution in [1.82, 2.24) is 14.5 Å². The quantitative estimate of drug-likeness (QED) is 0.111. The van der Waals surface area contributed by atoms with E-state index < -0.39 is 5.56 Å². The van der Waals surface area contributed by atoms with Gasteiger partial charge in [-0.05, 0) is 48.9 Å². The summed E-state index contributed by atoms with van der Waals surface area (Å²) in [5.74, 6) is 3.24. The molecule has 0 fully saturated rings. The van der Waals surface area contributed by atoms with Gasteiger partial charge in [0.25, 0.3) is 5.56 Å². The van der Waals surface area contributed by atoms with Crippen molar-refractivity contribution >= 4 is 40.2 Å². The van der Waals surface area contributed by atoms with Crippen LogP contribution in [-0.4, -0.2) is 26.3 Å². The van der Waals surface area contributed by atoms with Gasteiger partial charge in [-0.2, -0.15) is 4.98 Å². The average molecular weight is 616 g/mol. The van der Waals surface area contributed by atoms with Crippen LogP contribution in [0.15, 0.2) is 96.1 Å². The topological polar surface area (TPSA) is 98.1 Å². The van der Waals surface area contributed by atoms with Gasteiger partial charge in [0.1, 0.15) is 5.75 Å². The van der Waals surface area contributed by atoms with E-state index in [9.17, 15) is 9.59 Å². The van der Waals surface area contributed by atoms with Crippen molar-refractivity contribution in [2.75, 3.05) is 16.5 Å². The lowest BCUT2D eigenvalue weighted by Crippen LogP contribution is -2.21. The maximum Gasteiger partial charge on any atom is 0.299 e. The molecule has 2 aromatic heterocycles. The molecule has 0 saturated carbocycles. The minimum Gasteiger partial charge on any atom is -0.452 e. The Labute approximate surface area is 265 Å². The number of rotatable bonds is 9. The number of halogens is 1. The van der Waals surface area contributed by atoms with Crippen LogP contribution in [0.5, 0.6) is 11.5 Å². The fourth-order valence-electron chi connectivity index (χ4n) is 3.51. The number of hydrogen-bond donors (Lipinski definition) is 2. The lowest BCUT2D eigenvalue weighted by atomic mass is 10.2. The van der Waals surface area contributed by atoms with Crippen LogP contribution in [0.2, 0.25) is 0 Å². The highest BCUT2D eigenvalue weighted by Crippen LogP contribution is 2.25. The number of amides is 1. The molecule has 232 valence electrons. The number of allylic oxidation sites excluding steroid dienone is 2. The van der Waals surface area contributed by atoms with Crippen molar-refractivity contribution in [3.63, 3.8) is 0 Å². The molecule has 2 heterocycles. The van der Waals surface area contributed by atoms with E-state index in [0.717, 1.165) is 18.5 Å². The Morgan fingerprint density at radius 1 is 1.07 bits per heavy atom. The normalized spacial score (nSPS) is 9.91. The number of ether oxygens (including phenoxy) is 1. The third kappa shape index (κ3) is 11.1. The van der Waals surface area contributed by atoms with E-state index in [4.69, 9.17) is 22.8 Å². The number of anilines is 2. The highest BCUT2D eigenvalue weighted by molar-refractivity contribution is 6.19. The number of benzene rings is 2. The number of pyridine rings is 1. The SMILES string of the molecule is C#CCC.C=CC(=O)Nc1cccc(-n2c(=O)c(Oc3ccccc3)cc3cnc(N/C(=C/CC)CCl)nc32)c1.CC.CC. The Bertz CT molecular complexity index is 1610. The summed E-state index contributed by atoms with van der Waals surface area (Å²) in [6.07, 6.45) is 11.1. The van der Waals surface area contributed by atoms with Crippen molar-refractivity contribution in [3.8, 4) is 29.5 Å². The van der Waals surface area contributed by atoms with Crippen LogP contribution in [0, 0.1) is 12.3 Å². The van der Waals surface area contributed by atoms with E-state index in [1.54, 1.807) is 48.7 Å². The minimum absolute atomic E-state index is 0.103. The molecule has 4 rings (SSSR count). The van der Waals surface area contributed by atoms with E-state index in [2.05, 4.69) is 33.1 Å². The number of nitrogens with one attached hydrogen (secondary N) is 2. The number of nitrogens with zero attached hydrogens (tertiary/aromatic N) is 3. The van der Waals surface area contributed by atoms with Crippen molar-refractivity contribution in [2.24, 2.45) is 0 Å². The predicted molar refractivity (Wildman–Crippen MR) is 185 cm³/mol. The monoisotopic (exact) mass is 615 g/mol. The maximum absolute atomic E-state index is 13.7. The predicted octanol–water partition coefficient (Wildman–Crippen LogP) is 8.72. The highest BCUT2D eigenvalue weighted by atomic mass is 35.5. The fourth-order valence-corrected chi connectivity index (χ4v) is 3.68. The van der Waals surface area contributed by atoms with Crippen LogP contribution in [-0.2, 0) is 4.79 Å². The number of alkyl halides is 1. The third-order valence-corrected chi connectivity index (χ3v) is 5.60. The second-order valence-corrected chi connectivity index (χ2v) is 8.50. The van der Waals surface area contributed by atoms with E-state index in [0.29, 0.717) is 34.1 Å². The van der Waals surface area contributed by atoms with Crippen LogP contribution in [0.25, 0.3) is 16.7 Å². The lowest BCUT2D eigenvalue weighted by Gasteiger charge is -2.15. The smallest absolute Gasteiger partial charge is 0.299 e.